The highest BCUT2D eigenvalue weighted by Gasteiger charge is 2.28. The van der Waals surface area contributed by atoms with E-state index in [0.29, 0.717) is 16.3 Å². The van der Waals surface area contributed by atoms with Crippen LogP contribution in [0, 0.1) is 6.92 Å². The van der Waals surface area contributed by atoms with Crippen LogP contribution in [-0.2, 0) is 7.05 Å². The van der Waals surface area contributed by atoms with Crippen molar-refractivity contribution in [3.05, 3.63) is 58.1 Å². The molecule has 140 valence electrons. The maximum absolute atomic E-state index is 12.5. The number of amides is 1. The molecule has 2 heterocycles. The van der Waals surface area contributed by atoms with Gasteiger partial charge in [0.1, 0.15) is 11.4 Å². The quantitative estimate of drug-likeness (QED) is 0.694. The SMILES string of the molecule is Cc1cc(C(=O)N[C@H](C)c2c(-c3ccc(Cl)cc3)noc2C(=O)O)nn1C. The predicted molar refractivity (Wildman–Crippen MR) is 97.7 cm³/mol. The van der Waals surface area contributed by atoms with Crippen molar-refractivity contribution in [2.24, 2.45) is 7.05 Å². The fraction of sp³-hybridized carbons (Fsp3) is 0.222. The van der Waals surface area contributed by atoms with Gasteiger partial charge in [0, 0.05) is 23.3 Å². The Hall–Kier alpha value is -3.13. The van der Waals surface area contributed by atoms with Crippen molar-refractivity contribution in [2.45, 2.75) is 19.9 Å². The van der Waals surface area contributed by atoms with Crippen LogP contribution in [0.2, 0.25) is 5.02 Å². The first-order valence-electron chi connectivity index (χ1n) is 8.08. The molecule has 0 saturated heterocycles. The number of rotatable bonds is 5. The Bertz CT molecular complexity index is 988. The van der Waals surface area contributed by atoms with Crippen molar-refractivity contribution < 1.29 is 19.2 Å². The average Bonchev–Trinajstić information content (AvgIpc) is 3.20. The second-order valence-corrected chi connectivity index (χ2v) is 6.51. The summed E-state index contributed by atoms with van der Waals surface area (Å²) < 4.78 is 6.60. The number of aryl methyl sites for hydroxylation is 2. The summed E-state index contributed by atoms with van der Waals surface area (Å²) in [5.74, 6) is -2.02. The number of halogens is 1. The van der Waals surface area contributed by atoms with Gasteiger partial charge in [0.25, 0.3) is 5.91 Å². The van der Waals surface area contributed by atoms with Gasteiger partial charge in [0.2, 0.25) is 5.76 Å². The normalized spacial score (nSPS) is 12.0. The summed E-state index contributed by atoms with van der Waals surface area (Å²) >= 11 is 5.90. The van der Waals surface area contributed by atoms with Crippen molar-refractivity contribution >= 4 is 23.5 Å². The Morgan fingerprint density at radius 2 is 1.96 bits per heavy atom. The number of carbonyl (C=O) groups is 2. The van der Waals surface area contributed by atoms with Gasteiger partial charge in [-0.05, 0) is 32.0 Å². The molecule has 0 aliphatic heterocycles. The van der Waals surface area contributed by atoms with E-state index in [1.54, 1.807) is 49.0 Å². The highest BCUT2D eigenvalue weighted by atomic mass is 35.5. The maximum Gasteiger partial charge on any atom is 0.375 e. The van der Waals surface area contributed by atoms with Crippen molar-refractivity contribution in [1.29, 1.82) is 0 Å². The lowest BCUT2D eigenvalue weighted by Crippen LogP contribution is -2.28. The zero-order chi connectivity index (χ0) is 19.7. The molecule has 2 N–H and O–H groups in total. The number of carboxylic acid groups (broad SMARTS) is 1. The Labute approximate surface area is 159 Å². The molecule has 0 unspecified atom stereocenters. The Kier molecular flexibility index (Phi) is 5.00. The number of aromatic nitrogens is 3. The van der Waals surface area contributed by atoms with E-state index in [0.717, 1.165) is 5.69 Å². The number of hydrogen-bond donors (Lipinski definition) is 2. The number of nitrogens with one attached hydrogen (secondary N) is 1. The molecular weight excluding hydrogens is 372 g/mol. The molecule has 0 spiro atoms. The van der Waals surface area contributed by atoms with Crippen LogP contribution in [0.4, 0.5) is 0 Å². The first-order valence-corrected chi connectivity index (χ1v) is 8.46. The molecule has 0 aliphatic carbocycles. The van der Waals surface area contributed by atoms with Crippen LogP contribution in [0.25, 0.3) is 11.3 Å². The average molecular weight is 389 g/mol. The number of carbonyl (C=O) groups excluding carboxylic acids is 1. The summed E-state index contributed by atoms with van der Waals surface area (Å²) in [4.78, 5) is 24.0. The van der Waals surface area contributed by atoms with E-state index >= 15 is 0 Å². The van der Waals surface area contributed by atoms with Gasteiger partial charge in [-0.25, -0.2) is 4.79 Å². The molecule has 0 bridgehead atoms. The van der Waals surface area contributed by atoms with Crippen LogP contribution in [-0.4, -0.2) is 31.9 Å². The number of nitrogens with zero attached hydrogens (tertiary/aromatic N) is 3. The van der Waals surface area contributed by atoms with Crippen LogP contribution in [0.15, 0.2) is 34.9 Å². The van der Waals surface area contributed by atoms with Gasteiger partial charge in [-0.3, -0.25) is 9.48 Å². The van der Waals surface area contributed by atoms with E-state index in [4.69, 9.17) is 16.1 Å². The molecule has 1 amide bonds. The molecule has 0 radical (unpaired) electrons. The zero-order valence-corrected chi connectivity index (χ0v) is 15.6. The van der Waals surface area contributed by atoms with Crippen LogP contribution in [0.1, 0.15) is 45.3 Å². The van der Waals surface area contributed by atoms with E-state index in [2.05, 4.69) is 15.6 Å². The van der Waals surface area contributed by atoms with Crippen molar-refractivity contribution in [2.75, 3.05) is 0 Å². The number of hydrogen-bond acceptors (Lipinski definition) is 5. The molecular formula is C18H17ClN4O4. The second-order valence-electron chi connectivity index (χ2n) is 6.08. The second kappa shape index (κ2) is 7.24. The van der Waals surface area contributed by atoms with Gasteiger partial charge in [0.15, 0.2) is 0 Å². The Balaban J connectivity index is 1.96. The van der Waals surface area contributed by atoms with Gasteiger partial charge in [-0.1, -0.05) is 28.9 Å². The van der Waals surface area contributed by atoms with E-state index in [1.807, 2.05) is 6.92 Å². The van der Waals surface area contributed by atoms with Crippen LogP contribution in [0.5, 0.6) is 0 Å². The summed E-state index contributed by atoms with van der Waals surface area (Å²) in [7, 11) is 1.73. The minimum atomic E-state index is -1.27. The van der Waals surface area contributed by atoms with E-state index in [-0.39, 0.29) is 17.0 Å². The lowest BCUT2D eigenvalue weighted by Gasteiger charge is -2.13. The molecule has 0 aliphatic rings. The fourth-order valence-corrected chi connectivity index (χ4v) is 2.81. The summed E-state index contributed by atoms with van der Waals surface area (Å²) in [6.45, 7) is 3.49. The Morgan fingerprint density at radius 1 is 1.30 bits per heavy atom. The lowest BCUT2D eigenvalue weighted by molar-refractivity contribution is 0.0648. The van der Waals surface area contributed by atoms with Gasteiger partial charge in [-0.15, -0.1) is 0 Å². The minimum absolute atomic E-state index is 0.239. The zero-order valence-electron chi connectivity index (χ0n) is 14.9. The monoisotopic (exact) mass is 388 g/mol. The molecule has 0 saturated carbocycles. The van der Waals surface area contributed by atoms with Crippen molar-refractivity contribution in [3.63, 3.8) is 0 Å². The van der Waals surface area contributed by atoms with Crippen LogP contribution in [0.3, 0.4) is 0 Å². The number of carboxylic acids is 1. The first kappa shape index (κ1) is 18.7. The highest BCUT2D eigenvalue weighted by Crippen LogP contribution is 2.31. The molecule has 3 aromatic rings. The van der Waals surface area contributed by atoms with Crippen molar-refractivity contribution in [3.8, 4) is 11.3 Å². The van der Waals surface area contributed by atoms with Crippen LogP contribution < -0.4 is 5.32 Å². The van der Waals surface area contributed by atoms with E-state index in [9.17, 15) is 14.7 Å². The summed E-state index contributed by atoms with van der Waals surface area (Å²) in [5, 5.41) is 20.7. The van der Waals surface area contributed by atoms with Gasteiger partial charge in [-0.2, -0.15) is 5.10 Å². The topological polar surface area (TPSA) is 110 Å². The Morgan fingerprint density at radius 3 is 2.52 bits per heavy atom. The predicted octanol–water partition coefficient (Wildman–Crippen LogP) is 3.23. The van der Waals surface area contributed by atoms with E-state index in [1.165, 1.54) is 0 Å². The third-order valence-corrected chi connectivity index (χ3v) is 4.42. The highest BCUT2D eigenvalue weighted by molar-refractivity contribution is 6.30. The minimum Gasteiger partial charge on any atom is -0.475 e. The molecule has 3 rings (SSSR count). The summed E-state index contributed by atoms with van der Waals surface area (Å²) in [6.07, 6.45) is 0. The van der Waals surface area contributed by atoms with E-state index < -0.39 is 17.9 Å². The van der Waals surface area contributed by atoms with Gasteiger partial charge >= 0.3 is 5.97 Å². The van der Waals surface area contributed by atoms with Gasteiger partial charge < -0.3 is 14.9 Å². The smallest absolute Gasteiger partial charge is 0.375 e. The third kappa shape index (κ3) is 3.70. The molecule has 1 aromatic carbocycles. The third-order valence-electron chi connectivity index (χ3n) is 4.17. The number of benzene rings is 1. The maximum atomic E-state index is 12.5. The molecule has 2 aromatic heterocycles. The molecule has 8 nitrogen and oxygen atoms in total. The first-order chi connectivity index (χ1) is 12.8. The number of aromatic carboxylic acids is 1. The summed E-state index contributed by atoms with van der Waals surface area (Å²) in [5.41, 5.74) is 2.29. The van der Waals surface area contributed by atoms with Crippen molar-refractivity contribution in [1.82, 2.24) is 20.3 Å². The summed E-state index contributed by atoms with van der Waals surface area (Å²) in [6, 6.07) is 7.69. The molecule has 9 heteroatoms. The van der Waals surface area contributed by atoms with Gasteiger partial charge in [0.05, 0.1) is 11.6 Å². The largest absolute Gasteiger partial charge is 0.475 e. The standard InChI is InChI=1S/C18H17ClN4O4/c1-9-8-13(21-23(9)3)17(24)20-10(2)14-15(22-27-16(14)18(25)26)11-4-6-12(19)7-5-11/h4-8,10H,1-3H3,(H,20,24)(H,25,26)/t10-/m1/s1. The molecule has 0 fully saturated rings. The lowest BCUT2D eigenvalue weighted by atomic mass is 10.0. The fourth-order valence-electron chi connectivity index (χ4n) is 2.68. The molecule has 27 heavy (non-hydrogen) atoms. The molecule has 1 atom stereocenters. The van der Waals surface area contributed by atoms with Crippen LogP contribution >= 0.6 is 11.6 Å².